The summed E-state index contributed by atoms with van der Waals surface area (Å²) in [4.78, 5) is 23.0. The fourth-order valence-electron chi connectivity index (χ4n) is 1.70. The van der Waals surface area contributed by atoms with Gasteiger partial charge in [0.1, 0.15) is 6.04 Å². The minimum Gasteiger partial charge on any atom is -0.468 e. The zero-order valence-electron chi connectivity index (χ0n) is 12.5. The molecule has 19 heavy (non-hydrogen) atoms. The molecule has 110 valence electrons. The molecule has 0 fully saturated rings. The highest BCUT2D eigenvalue weighted by molar-refractivity contribution is 5.88. The van der Waals surface area contributed by atoms with Crippen LogP contribution in [0.3, 0.4) is 0 Å². The summed E-state index contributed by atoms with van der Waals surface area (Å²) in [6.07, 6.45) is 3.05. The molecule has 0 aliphatic rings. The van der Waals surface area contributed by atoms with Gasteiger partial charge in [0.15, 0.2) is 0 Å². The molecule has 0 rings (SSSR count). The van der Waals surface area contributed by atoms with Gasteiger partial charge in [-0.25, -0.2) is 4.79 Å². The molecule has 5 nitrogen and oxygen atoms in total. The molecule has 0 saturated carbocycles. The number of esters is 2. The summed E-state index contributed by atoms with van der Waals surface area (Å²) in [6.45, 7) is 6.40. The molecule has 0 bridgehead atoms. The van der Waals surface area contributed by atoms with Gasteiger partial charge in [-0.15, -0.1) is 0 Å². The van der Waals surface area contributed by atoms with E-state index in [1.807, 2.05) is 20.8 Å². The molecule has 5 heteroatoms. The second kappa shape index (κ2) is 9.55. The lowest BCUT2D eigenvalue weighted by Crippen LogP contribution is -2.38. The highest BCUT2D eigenvalue weighted by Gasteiger charge is 2.19. The van der Waals surface area contributed by atoms with Crippen molar-refractivity contribution in [3.8, 4) is 0 Å². The summed E-state index contributed by atoms with van der Waals surface area (Å²) in [5.74, 6) is -0.229. The third kappa shape index (κ3) is 6.96. The Morgan fingerprint density at radius 3 is 2.26 bits per heavy atom. The lowest BCUT2D eigenvalue weighted by Gasteiger charge is -2.17. The number of carbonyl (C=O) groups excluding carboxylic acids is 2. The first kappa shape index (κ1) is 17.6. The van der Waals surface area contributed by atoms with Gasteiger partial charge >= 0.3 is 11.9 Å². The van der Waals surface area contributed by atoms with Gasteiger partial charge in [0.05, 0.1) is 14.2 Å². The van der Waals surface area contributed by atoms with Crippen LogP contribution in [0.1, 0.15) is 33.6 Å². The average molecular weight is 271 g/mol. The van der Waals surface area contributed by atoms with Crippen LogP contribution in [0.25, 0.3) is 0 Å². The van der Waals surface area contributed by atoms with Crippen molar-refractivity contribution >= 4 is 11.9 Å². The van der Waals surface area contributed by atoms with Gasteiger partial charge in [-0.2, -0.15) is 0 Å². The lowest BCUT2D eigenvalue weighted by atomic mass is 10.0. The largest absolute Gasteiger partial charge is 0.468 e. The van der Waals surface area contributed by atoms with Gasteiger partial charge < -0.3 is 14.8 Å². The second-order valence-corrected chi connectivity index (χ2v) is 4.69. The maximum atomic E-state index is 11.6. The Balaban J connectivity index is 4.49. The predicted molar refractivity (Wildman–Crippen MR) is 73.7 cm³/mol. The lowest BCUT2D eigenvalue weighted by molar-refractivity contribution is -0.143. The van der Waals surface area contributed by atoms with Crippen LogP contribution in [0.15, 0.2) is 11.6 Å². The van der Waals surface area contributed by atoms with Crippen LogP contribution in [0.5, 0.6) is 0 Å². The van der Waals surface area contributed by atoms with Crippen LogP contribution in [-0.4, -0.2) is 38.7 Å². The number of hydrogen-bond acceptors (Lipinski definition) is 5. The Hall–Kier alpha value is -1.36. The number of hydrogen-bond donors (Lipinski definition) is 1. The van der Waals surface area contributed by atoms with Crippen molar-refractivity contribution in [3.63, 3.8) is 0 Å². The molecule has 0 saturated heterocycles. The average Bonchev–Trinajstić information content (AvgIpc) is 2.40. The van der Waals surface area contributed by atoms with E-state index in [0.717, 1.165) is 0 Å². The summed E-state index contributed by atoms with van der Waals surface area (Å²) in [6, 6.07) is -0.350. The molecule has 1 N–H and O–H groups in total. The van der Waals surface area contributed by atoms with Crippen LogP contribution in [0.2, 0.25) is 0 Å². The van der Waals surface area contributed by atoms with Crippen molar-refractivity contribution in [1.82, 2.24) is 5.32 Å². The van der Waals surface area contributed by atoms with E-state index in [1.54, 1.807) is 6.08 Å². The van der Waals surface area contributed by atoms with Crippen LogP contribution < -0.4 is 5.32 Å². The van der Waals surface area contributed by atoms with E-state index >= 15 is 0 Å². The monoisotopic (exact) mass is 271 g/mol. The minimum absolute atomic E-state index is 0.279. The highest BCUT2D eigenvalue weighted by atomic mass is 16.5. The minimum atomic E-state index is -0.350. The van der Waals surface area contributed by atoms with E-state index in [-0.39, 0.29) is 18.0 Å². The van der Waals surface area contributed by atoms with Crippen LogP contribution in [-0.2, 0) is 19.1 Å². The van der Waals surface area contributed by atoms with Gasteiger partial charge in [0, 0.05) is 12.1 Å². The van der Waals surface area contributed by atoms with E-state index in [2.05, 4.69) is 10.1 Å². The third-order valence-corrected chi connectivity index (χ3v) is 2.73. The molecular formula is C14H25NO4. The standard InChI is InChI=1S/C14H25NO4/c1-6-11(13(16)18-4)7-8-15-12(9-10(2)3)14(17)19-5/h7,10,12,15H,6,8-9H2,1-5H3. The van der Waals surface area contributed by atoms with Crippen molar-refractivity contribution in [3.05, 3.63) is 11.6 Å². The zero-order chi connectivity index (χ0) is 14.8. The van der Waals surface area contributed by atoms with E-state index in [1.165, 1.54) is 14.2 Å². The molecule has 0 aliphatic carbocycles. The first-order chi connectivity index (χ1) is 8.96. The molecule has 0 heterocycles. The first-order valence-corrected chi connectivity index (χ1v) is 6.54. The Morgan fingerprint density at radius 2 is 1.84 bits per heavy atom. The first-order valence-electron chi connectivity index (χ1n) is 6.54. The van der Waals surface area contributed by atoms with Crippen LogP contribution in [0.4, 0.5) is 0 Å². The number of rotatable bonds is 8. The summed E-state index contributed by atoms with van der Waals surface area (Å²) >= 11 is 0. The molecule has 0 aromatic heterocycles. The summed E-state index contributed by atoms with van der Waals surface area (Å²) in [5, 5.41) is 3.09. The van der Waals surface area contributed by atoms with Crippen molar-refractivity contribution in [2.24, 2.45) is 5.92 Å². The third-order valence-electron chi connectivity index (χ3n) is 2.73. The van der Waals surface area contributed by atoms with Crippen molar-refractivity contribution in [2.45, 2.75) is 39.7 Å². The highest BCUT2D eigenvalue weighted by Crippen LogP contribution is 2.07. The number of methoxy groups -OCH3 is 2. The van der Waals surface area contributed by atoms with E-state index in [9.17, 15) is 9.59 Å². The molecule has 0 radical (unpaired) electrons. The molecular weight excluding hydrogens is 246 g/mol. The molecule has 0 amide bonds. The number of nitrogens with one attached hydrogen (secondary N) is 1. The summed E-state index contributed by atoms with van der Waals surface area (Å²) < 4.78 is 9.42. The van der Waals surface area contributed by atoms with Gasteiger partial charge in [-0.3, -0.25) is 4.79 Å². The normalized spacial score (nSPS) is 13.3. The number of carbonyl (C=O) groups is 2. The van der Waals surface area contributed by atoms with E-state index < -0.39 is 0 Å². The smallest absolute Gasteiger partial charge is 0.333 e. The second-order valence-electron chi connectivity index (χ2n) is 4.69. The maximum absolute atomic E-state index is 11.6. The summed E-state index contributed by atoms with van der Waals surface area (Å²) in [5.41, 5.74) is 0.600. The van der Waals surface area contributed by atoms with E-state index in [0.29, 0.717) is 30.9 Å². The quantitative estimate of drug-likeness (QED) is 0.537. The fraction of sp³-hybridized carbons (Fsp3) is 0.714. The van der Waals surface area contributed by atoms with Crippen molar-refractivity contribution in [1.29, 1.82) is 0 Å². The Labute approximate surface area is 115 Å². The van der Waals surface area contributed by atoms with E-state index in [4.69, 9.17) is 4.74 Å². The summed E-state index contributed by atoms with van der Waals surface area (Å²) in [7, 11) is 2.73. The van der Waals surface area contributed by atoms with Crippen molar-refractivity contribution in [2.75, 3.05) is 20.8 Å². The fourth-order valence-corrected chi connectivity index (χ4v) is 1.70. The molecule has 1 atom stereocenters. The SMILES string of the molecule is CCC(=CCNC(CC(C)C)C(=O)OC)C(=O)OC. The molecule has 0 aliphatic heterocycles. The van der Waals surface area contributed by atoms with Crippen LogP contribution >= 0.6 is 0 Å². The molecule has 1 unspecified atom stereocenters. The zero-order valence-corrected chi connectivity index (χ0v) is 12.5. The maximum Gasteiger partial charge on any atom is 0.333 e. The molecule has 0 aromatic carbocycles. The Morgan fingerprint density at radius 1 is 1.21 bits per heavy atom. The topological polar surface area (TPSA) is 64.6 Å². The Kier molecular flexibility index (Phi) is 8.87. The molecule has 0 aromatic rings. The van der Waals surface area contributed by atoms with Gasteiger partial charge in [-0.05, 0) is 18.8 Å². The van der Waals surface area contributed by atoms with Gasteiger partial charge in [0.2, 0.25) is 0 Å². The Bertz CT molecular complexity index is 323. The number of ether oxygens (including phenoxy) is 2. The predicted octanol–water partition coefficient (Wildman–Crippen LogP) is 1.67. The van der Waals surface area contributed by atoms with Crippen molar-refractivity contribution < 1.29 is 19.1 Å². The van der Waals surface area contributed by atoms with Gasteiger partial charge in [-0.1, -0.05) is 26.8 Å². The molecule has 0 spiro atoms. The van der Waals surface area contributed by atoms with Crippen LogP contribution in [0, 0.1) is 5.92 Å². The van der Waals surface area contributed by atoms with Gasteiger partial charge in [0.25, 0.3) is 0 Å².